The van der Waals surface area contributed by atoms with Crippen molar-refractivity contribution in [1.82, 2.24) is 0 Å². The van der Waals surface area contributed by atoms with Crippen molar-refractivity contribution in [2.24, 2.45) is 5.41 Å². The van der Waals surface area contributed by atoms with E-state index in [4.69, 9.17) is 37.4 Å². The Labute approximate surface area is 140 Å². The fourth-order valence-corrected chi connectivity index (χ4v) is 2.86. The Kier molecular flexibility index (Phi) is 15.7. The van der Waals surface area contributed by atoms with Crippen molar-refractivity contribution in [3.05, 3.63) is 0 Å². The van der Waals surface area contributed by atoms with E-state index in [-0.39, 0.29) is 5.41 Å². The normalized spacial score (nSPS) is 12.0. The predicted molar refractivity (Wildman–Crippen MR) is 90.8 cm³/mol. The first-order valence-corrected chi connectivity index (χ1v) is 9.16. The van der Waals surface area contributed by atoms with E-state index in [9.17, 15) is 0 Å². The highest BCUT2D eigenvalue weighted by molar-refractivity contribution is 6.21. The summed E-state index contributed by atoms with van der Waals surface area (Å²) in [4.78, 5) is 0. The van der Waals surface area contributed by atoms with Gasteiger partial charge in [0.2, 0.25) is 0 Å². The van der Waals surface area contributed by atoms with Crippen LogP contribution in [0.15, 0.2) is 0 Å². The summed E-state index contributed by atoms with van der Waals surface area (Å²) in [6.07, 6.45) is 5.34. The summed E-state index contributed by atoms with van der Waals surface area (Å²) < 4.78 is 16.5. The van der Waals surface area contributed by atoms with Crippen LogP contribution in [-0.4, -0.2) is 51.4 Å². The molecule has 0 spiro atoms. The third kappa shape index (κ3) is 11.7. The lowest BCUT2D eigenvalue weighted by atomic mass is 9.84. The summed E-state index contributed by atoms with van der Waals surface area (Å²) in [7, 11) is 0. The molecule has 0 aliphatic carbocycles. The number of rotatable bonds is 16. The lowest BCUT2D eigenvalue weighted by Gasteiger charge is -2.29. The smallest absolute Gasteiger partial charge is 0.0701 e. The summed E-state index contributed by atoms with van der Waals surface area (Å²) in [5.41, 5.74) is 0.0197. The Morgan fingerprint density at radius 3 is 1.67 bits per heavy atom. The molecule has 0 saturated carbocycles. The second-order valence-electron chi connectivity index (χ2n) is 5.46. The topological polar surface area (TPSA) is 27.7 Å². The van der Waals surface area contributed by atoms with E-state index >= 15 is 0 Å². The zero-order valence-electron chi connectivity index (χ0n) is 13.7. The summed E-state index contributed by atoms with van der Waals surface area (Å²) in [6.45, 7) is 8.35. The van der Waals surface area contributed by atoms with Gasteiger partial charge in [0.15, 0.2) is 0 Å². The quantitative estimate of drug-likeness (QED) is 0.305. The molecule has 0 unspecified atom stereocenters. The Morgan fingerprint density at radius 1 is 0.667 bits per heavy atom. The van der Waals surface area contributed by atoms with Gasteiger partial charge in [-0.25, -0.2) is 0 Å². The number of hydrogen-bond donors (Lipinski definition) is 0. The lowest BCUT2D eigenvalue weighted by Crippen LogP contribution is -2.27. The summed E-state index contributed by atoms with van der Waals surface area (Å²) in [5, 5.41) is 0. The van der Waals surface area contributed by atoms with Crippen LogP contribution >= 0.6 is 23.2 Å². The molecule has 21 heavy (non-hydrogen) atoms. The van der Waals surface area contributed by atoms with Crippen LogP contribution < -0.4 is 0 Å². The number of ether oxygens (including phenoxy) is 3. The van der Waals surface area contributed by atoms with E-state index in [0.29, 0.717) is 44.8 Å². The highest BCUT2D eigenvalue weighted by Gasteiger charge is 2.26. The molecular weight excluding hydrogens is 311 g/mol. The highest BCUT2D eigenvalue weighted by atomic mass is 35.5. The lowest BCUT2D eigenvalue weighted by molar-refractivity contribution is 0.00926. The van der Waals surface area contributed by atoms with Gasteiger partial charge in [-0.3, -0.25) is 0 Å². The molecule has 0 bridgehead atoms. The molecule has 0 aromatic heterocycles. The molecule has 0 heterocycles. The Hall–Kier alpha value is 0.460. The van der Waals surface area contributed by atoms with E-state index in [2.05, 4.69) is 13.8 Å². The first-order valence-electron chi connectivity index (χ1n) is 8.10. The predicted octanol–water partition coefficient (Wildman–Crippen LogP) is 4.49. The van der Waals surface area contributed by atoms with Crippen molar-refractivity contribution >= 4 is 23.2 Å². The van der Waals surface area contributed by atoms with Crippen LogP contribution in [0.5, 0.6) is 0 Å². The maximum atomic E-state index is 6.06. The van der Waals surface area contributed by atoms with Crippen molar-refractivity contribution in [2.45, 2.75) is 46.0 Å². The second kappa shape index (κ2) is 15.4. The molecule has 0 aliphatic heterocycles. The van der Waals surface area contributed by atoms with Gasteiger partial charge in [-0.15, -0.1) is 23.2 Å². The van der Waals surface area contributed by atoms with Gasteiger partial charge in [0.25, 0.3) is 0 Å². The molecule has 0 N–H and O–H groups in total. The largest absolute Gasteiger partial charge is 0.379 e. The molecular formula is C16H32Cl2O3. The number of halogens is 2. The minimum atomic E-state index is 0.0197. The van der Waals surface area contributed by atoms with Gasteiger partial charge in [0, 0.05) is 25.0 Å². The molecule has 0 aromatic rings. The molecule has 0 aliphatic rings. The van der Waals surface area contributed by atoms with Crippen LogP contribution in [-0.2, 0) is 14.2 Å². The maximum absolute atomic E-state index is 6.06. The fraction of sp³-hybridized carbons (Fsp3) is 1.00. The second-order valence-corrected chi connectivity index (χ2v) is 5.99. The van der Waals surface area contributed by atoms with E-state index in [1.165, 1.54) is 6.42 Å². The van der Waals surface area contributed by atoms with Gasteiger partial charge >= 0.3 is 0 Å². The molecule has 128 valence electrons. The molecule has 0 aromatic carbocycles. The van der Waals surface area contributed by atoms with E-state index in [1.807, 2.05) is 0 Å². The summed E-state index contributed by atoms with van der Waals surface area (Å²) in [5.74, 6) is 1.19. The third-order valence-electron chi connectivity index (χ3n) is 3.51. The Morgan fingerprint density at radius 2 is 1.19 bits per heavy atom. The van der Waals surface area contributed by atoms with Crippen molar-refractivity contribution in [2.75, 3.05) is 51.4 Å². The minimum absolute atomic E-state index is 0.0197. The molecule has 3 nitrogen and oxygen atoms in total. The van der Waals surface area contributed by atoms with Crippen LogP contribution in [0.3, 0.4) is 0 Å². The van der Waals surface area contributed by atoms with Crippen molar-refractivity contribution < 1.29 is 14.2 Å². The average Bonchev–Trinajstić information content (AvgIpc) is 2.51. The van der Waals surface area contributed by atoms with Gasteiger partial charge in [0.05, 0.1) is 26.4 Å². The Bertz CT molecular complexity index is 212. The molecule has 0 saturated heterocycles. The van der Waals surface area contributed by atoms with Gasteiger partial charge in [-0.05, 0) is 24.7 Å². The van der Waals surface area contributed by atoms with Crippen LogP contribution in [0.2, 0.25) is 0 Å². The number of hydrogen-bond acceptors (Lipinski definition) is 3. The van der Waals surface area contributed by atoms with E-state index in [0.717, 1.165) is 32.3 Å². The number of unbranched alkanes of at least 4 members (excludes halogenated alkanes) is 1. The Balaban J connectivity index is 3.42. The standard InChI is InChI=1S/C16H32Cl2O3/c1-3-5-8-19-10-12-21-13-11-20-9-7-16(14-17,15-18)6-4-2/h3-15H2,1-2H3. The highest BCUT2D eigenvalue weighted by Crippen LogP contribution is 2.31. The summed E-state index contributed by atoms with van der Waals surface area (Å²) >= 11 is 12.1. The van der Waals surface area contributed by atoms with Crippen molar-refractivity contribution in [3.8, 4) is 0 Å². The SMILES string of the molecule is CCCCOCCOCCOCCC(CCl)(CCl)CCC. The fourth-order valence-electron chi connectivity index (χ4n) is 2.04. The first-order chi connectivity index (χ1) is 10.2. The molecule has 0 atom stereocenters. The van der Waals surface area contributed by atoms with Gasteiger partial charge < -0.3 is 14.2 Å². The molecule has 0 amide bonds. The zero-order valence-corrected chi connectivity index (χ0v) is 15.2. The van der Waals surface area contributed by atoms with E-state index in [1.54, 1.807) is 0 Å². The van der Waals surface area contributed by atoms with Crippen LogP contribution in [0.4, 0.5) is 0 Å². The molecule has 5 heteroatoms. The zero-order chi connectivity index (χ0) is 15.8. The minimum Gasteiger partial charge on any atom is -0.379 e. The van der Waals surface area contributed by atoms with Crippen LogP contribution in [0.1, 0.15) is 46.0 Å². The van der Waals surface area contributed by atoms with E-state index < -0.39 is 0 Å². The first kappa shape index (κ1) is 21.5. The van der Waals surface area contributed by atoms with Crippen molar-refractivity contribution in [3.63, 3.8) is 0 Å². The summed E-state index contributed by atoms with van der Waals surface area (Å²) in [6, 6.07) is 0. The average molecular weight is 343 g/mol. The van der Waals surface area contributed by atoms with Gasteiger partial charge in [-0.2, -0.15) is 0 Å². The molecule has 0 rings (SSSR count). The third-order valence-corrected chi connectivity index (χ3v) is 4.64. The monoisotopic (exact) mass is 342 g/mol. The molecule has 0 radical (unpaired) electrons. The van der Waals surface area contributed by atoms with Crippen LogP contribution in [0, 0.1) is 5.41 Å². The van der Waals surface area contributed by atoms with Crippen molar-refractivity contribution in [1.29, 1.82) is 0 Å². The maximum Gasteiger partial charge on any atom is 0.0701 e. The van der Waals surface area contributed by atoms with Gasteiger partial charge in [-0.1, -0.05) is 26.7 Å². The van der Waals surface area contributed by atoms with Crippen LogP contribution in [0.25, 0.3) is 0 Å². The van der Waals surface area contributed by atoms with Gasteiger partial charge in [0.1, 0.15) is 0 Å². The number of alkyl halides is 2. The molecule has 0 fully saturated rings.